The molecule has 90 valence electrons. The zero-order chi connectivity index (χ0) is 12.3. The summed E-state index contributed by atoms with van der Waals surface area (Å²) in [5.74, 6) is 0. The van der Waals surface area contributed by atoms with Gasteiger partial charge in [0.2, 0.25) is 0 Å². The van der Waals surface area contributed by atoms with Crippen molar-refractivity contribution in [3.05, 3.63) is 33.8 Å². The molecule has 0 heterocycles. The number of aliphatic hydroxyl groups excluding tert-OH is 1. The first-order valence-corrected chi connectivity index (χ1v) is 6.15. The van der Waals surface area contributed by atoms with Crippen LogP contribution in [0, 0.1) is 5.41 Å². The fourth-order valence-electron chi connectivity index (χ4n) is 1.72. The van der Waals surface area contributed by atoms with E-state index in [1.54, 1.807) is 6.07 Å². The normalized spacial score (nSPS) is 13.9. The van der Waals surface area contributed by atoms with Crippen LogP contribution < -0.4 is 0 Å². The van der Waals surface area contributed by atoms with Gasteiger partial charge in [0.05, 0.1) is 16.1 Å². The molecule has 1 atom stereocenters. The summed E-state index contributed by atoms with van der Waals surface area (Å²) in [7, 11) is 0. The molecule has 1 aromatic carbocycles. The van der Waals surface area contributed by atoms with Gasteiger partial charge in [0.25, 0.3) is 0 Å². The molecule has 0 spiro atoms. The minimum atomic E-state index is -0.336. The molecule has 0 fully saturated rings. The smallest absolute Gasteiger partial charge is 0.0595 e. The minimum absolute atomic E-state index is 0.135. The van der Waals surface area contributed by atoms with E-state index in [0.29, 0.717) is 16.5 Å². The Kier molecular flexibility index (Phi) is 4.66. The third-order valence-corrected chi connectivity index (χ3v) is 3.04. The molecule has 0 saturated carbocycles. The number of rotatable bonds is 3. The van der Waals surface area contributed by atoms with Gasteiger partial charge < -0.3 is 5.11 Å². The average molecular weight is 261 g/mol. The summed E-state index contributed by atoms with van der Waals surface area (Å²) in [4.78, 5) is 0. The van der Waals surface area contributed by atoms with Crippen molar-refractivity contribution in [3.8, 4) is 0 Å². The van der Waals surface area contributed by atoms with Crippen LogP contribution in [-0.4, -0.2) is 11.2 Å². The third-order valence-electron chi connectivity index (χ3n) is 2.30. The molecule has 3 heteroatoms. The highest BCUT2D eigenvalue weighted by Crippen LogP contribution is 2.26. The van der Waals surface area contributed by atoms with E-state index in [0.717, 1.165) is 12.0 Å². The quantitative estimate of drug-likeness (QED) is 0.858. The molecule has 0 amide bonds. The summed E-state index contributed by atoms with van der Waals surface area (Å²) >= 11 is 11.7. The van der Waals surface area contributed by atoms with Crippen LogP contribution in [0.15, 0.2) is 18.2 Å². The Hall–Kier alpha value is -0.240. The van der Waals surface area contributed by atoms with Crippen molar-refractivity contribution >= 4 is 23.2 Å². The highest BCUT2D eigenvalue weighted by molar-refractivity contribution is 6.42. The summed E-state index contributed by atoms with van der Waals surface area (Å²) in [5, 5.41) is 11.0. The maximum atomic E-state index is 9.92. The van der Waals surface area contributed by atoms with Crippen molar-refractivity contribution in [1.82, 2.24) is 0 Å². The zero-order valence-electron chi connectivity index (χ0n) is 9.93. The second-order valence-electron chi connectivity index (χ2n) is 5.37. The van der Waals surface area contributed by atoms with Crippen LogP contribution in [0.25, 0.3) is 0 Å². The van der Waals surface area contributed by atoms with Gasteiger partial charge in [-0.1, -0.05) is 50.0 Å². The monoisotopic (exact) mass is 260 g/mol. The van der Waals surface area contributed by atoms with Gasteiger partial charge in [-0.2, -0.15) is 0 Å². The average Bonchev–Trinajstić information content (AvgIpc) is 2.08. The summed E-state index contributed by atoms with van der Waals surface area (Å²) in [6, 6.07) is 5.49. The fraction of sp³-hybridized carbons (Fsp3) is 0.538. The predicted molar refractivity (Wildman–Crippen MR) is 70.2 cm³/mol. The van der Waals surface area contributed by atoms with Crippen molar-refractivity contribution in [1.29, 1.82) is 0 Å². The molecule has 1 nitrogen and oxygen atoms in total. The molecule has 0 bridgehead atoms. The molecule has 1 unspecified atom stereocenters. The summed E-state index contributed by atoms with van der Waals surface area (Å²) in [6.07, 6.45) is 1.05. The Bertz CT molecular complexity index is 355. The first-order chi connectivity index (χ1) is 7.28. The number of hydrogen-bond donors (Lipinski definition) is 1. The molecule has 0 aliphatic rings. The van der Waals surface area contributed by atoms with Crippen LogP contribution >= 0.6 is 23.2 Å². The molecule has 0 aliphatic heterocycles. The number of benzene rings is 1. The van der Waals surface area contributed by atoms with Crippen LogP contribution in [0.4, 0.5) is 0 Å². The van der Waals surface area contributed by atoms with Crippen LogP contribution in [0.5, 0.6) is 0 Å². The maximum Gasteiger partial charge on any atom is 0.0595 e. The molecule has 16 heavy (non-hydrogen) atoms. The Morgan fingerprint density at radius 2 is 1.81 bits per heavy atom. The lowest BCUT2D eigenvalue weighted by molar-refractivity contribution is 0.121. The SMILES string of the molecule is CC(C)(C)CC(O)Cc1ccc(Cl)c(Cl)c1. The first kappa shape index (κ1) is 13.8. The van der Waals surface area contributed by atoms with E-state index in [9.17, 15) is 5.11 Å². The highest BCUT2D eigenvalue weighted by Gasteiger charge is 2.17. The molecule has 1 rings (SSSR count). The molecular weight excluding hydrogens is 243 g/mol. The molecule has 0 radical (unpaired) electrons. The lowest BCUT2D eigenvalue weighted by atomic mass is 9.87. The Labute approximate surface area is 107 Å². The lowest BCUT2D eigenvalue weighted by Crippen LogP contribution is -2.19. The summed E-state index contributed by atoms with van der Waals surface area (Å²) < 4.78 is 0. The first-order valence-electron chi connectivity index (χ1n) is 5.40. The van der Waals surface area contributed by atoms with Crippen molar-refractivity contribution in [3.63, 3.8) is 0 Å². The van der Waals surface area contributed by atoms with E-state index in [1.807, 2.05) is 12.1 Å². The molecule has 0 aromatic heterocycles. The minimum Gasteiger partial charge on any atom is -0.393 e. The second-order valence-corrected chi connectivity index (χ2v) is 6.19. The molecule has 1 aromatic rings. The van der Waals surface area contributed by atoms with Gasteiger partial charge in [-0.3, -0.25) is 0 Å². The van der Waals surface area contributed by atoms with Gasteiger partial charge in [0, 0.05) is 0 Å². The van der Waals surface area contributed by atoms with Gasteiger partial charge in [-0.25, -0.2) is 0 Å². The Balaban J connectivity index is 2.63. The maximum absolute atomic E-state index is 9.92. The Morgan fingerprint density at radius 3 is 2.31 bits per heavy atom. The van der Waals surface area contributed by atoms with Crippen molar-refractivity contribution in [2.45, 2.75) is 39.7 Å². The van der Waals surface area contributed by atoms with Crippen molar-refractivity contribution in [2.75, 3.05) is 0 Å². The Morgan fingerprint density at radius 1 is 1.19 bits per heavy atom. The topological polar surface area (TPSA) is 20.2 Å². The summed E-state index contributed by atoms with van der Waals surface area (Å²) in [6.45, 7) is 6.35. The molecule has 1 N–H and O–H groups in total. The molecular formula is C13H18Cl2O. The highest BCUT2D eigenvalue weighted by atomic mass is 35.5. The zero-order valence-corrected chi connectivity index (χ0v) is 11.4. The van der Waals surface area contributed by atoms with E-state index in [-0.39, 0.29) is 11.5 Å². The largest absolute Gasteiger partial charge is 0.393 e. The van der Waals surface area contributed by atoms with Gasteiger partial charge in [0.15, 0.2) is 0 Å². The third kappa shape index (κ3) is 4.73. The van der Waals surface area contributed by atoms with Gasteiger partial charge in [-0.15, -0.1) is 0 Å². The number of aliphatic hydroxyl groups is 1. The van der Waals surface area contributed by atoms with E-state index in [2.05, 4.69) is 20.8 Å². The molecule has 0 saturated heterocycles. The van der Waals surface area contributed by atoms with Crippen molar-refractivity contribution < 1.29 is 5.11 Å². The van der Waals surface area contributed by atoms with Crippen LogP contribution in [0.1, 0.15) is 32.8 Å². The number of halogens is 2. The standard InChI is InChI=1S/C13H18Cl2O/c1-13(2,3)8-10(16)6-9-4-5-11(14)12(15)7-9/h4-5,7,10,16H,6,8H2,1-3H3. The van der Waals surface area contributed by atoms with Gasteiger partial charge in [-0.05, 0) is 36.0 Å². The van der Waals surface area contributed by atoms with Gasteiger partial charge >= 0.3 is 0 Å². The molecule has 0 aliphatic carbocycles. The van der Waals surface area contributed by atoms with Crippen LogP contribution in [0.2, 0.25) is 10.0 Å². The summed E-state index contributed by atoms with van der Waals surface area (Å²) in [5.41, 5.74) is 1.15. The lowest BCUT2D eigenvalue weighted by Gasteiger charge is -2.22. The van der Waals surface area contributed by atoms with E-state index >= 15 is 0 Å². The van der Waals surface area contributed by atoms with Crippen LogP contribution in [0.3, 0.4) is 0 Å². The van der Waals surface area contributed by atoms with E-state index < -0.39 is 0 Å². The number of hydrogen-bond acceptors (Lipinski definition) is 1. The van der Waals surface area contributed by atoms with E-state index in [1.165, 1.54) is 0 Å². The predicted octanol–water partition coefficient (Wildman–Crippen LogP) is 4.33. The fourth-order valence-corrected chi connectivity index (χ4v) is 2.04. The van der Waals surface area contributed by atoms with Gasteiger partial charge in [0.1, 0.15) is 0 Å². The van der Waals surface area contributed by atoms with E-state index in [4.69, 9.17) is 23.2 Å². The van der Waals surface area contributed by atoms with Crippen molar-refractivity contribution in [2.24, 2.45) is 5.41 Å². The van der Waals surface area contributed by atoms with Crippen LogP contribution in [-0.2, 0) is 6.42 Å². The second kappa shape index (κ2) is 5.39.